The lowest BCUT2D eigenvalue weighted by molar-refractivity contribution is 0.171. The highest BCUT2D eigenvalue weighted by molar-refractivity contribution is 5.85. The second-order valence-corrected chi connectivity index (χ2v) is 6.58. The average Bonchev–Trinajstić information content (AvgIpc) is 3.11. The predicted molar refractivity (Wildman–Crippen MR) is 107 cm³/mol. The molecular weight excluding hydrogens is 375 g/mol. The van der Waals surface area contributed by atoms with E-state index in [1.165, 1.54) is 0 Å². The second kappa shape index (κ2) is 6.93. The Morgan fingerprint density at radius 2 is 1.79 bits per heavy atom. The van der Waals surface area contributed by atoms with Gasteiger partial charge in [-0.15, -0.1) is 0 Å². The molecule has 0 fully saturated rings. The number of halogens is 1. The molecule has 146 valence electrons. The van der Waals surface area contributed by atoms with E-state index in [-0.39, 0.29) is 11.8 Å². The number of nitrogens with zero attached hydrogens (tertiary/aromatic N) is 3. The maximum Gasteiger partial charge on any atom is 0.229 e. The van der Waals surface area contributed by atoms with Crippen LogP contribution in [-0.4, -0.2) is 33.4 Å². The Morgan fingerprint density at radius 1 is 1.00 bits per heavy atom. The van der Waals surface area contributed by atoms with Crippen LogP contribution >= 0.6 is 0 Å². The number of anilines is 4. The van der Waals surface area contributed by atoms with Crippen molar-refractivity contribution in [3.63, 3.8) is 0 Å². The van der Waals surface area contributed by atoms with Crippen molar-refractivity contribution >= 4 is 34.0 Å². The molecule has 0 radical (unpaired) electrons. The van der Waals surface area contributed by atoms with Crippen LogP contribution in [-0.2, 0) is 0 Å². The number of benzene rings is 2. The number of ether oxygens (including phenoxy) is 2. The van der Waals surface area contributed by atoms with Crippen LogP contribution in [0.2, 0.25) is 0 Å². The van der Waals surface area contributed by atoms with Crippen molar-refractivity contribution in [1.82, 2.24) is 20.2 Å². The van der Waals surface area contributed by atoms with Gasteiger partial charge in [-0.1, -0.05) is 0 Å². The van der Waals surface area contributed by atoms with Gasteiger partial charge in [0.05, 0.1) is 11.7 Å². The highest BCUT2D eigenvalue weighted by Gasteiger charge is 2.14. The van der Waals surface area contributed by atoms with Gasteiger partial charge in [0.15, 0.2) is 23.1 Å². The van der Waals surface area contributed by atoms with Gasteiger partial charge in [-0.25, -0.2) is 9.37 Å². The monoisotopic (exact) mass is 392 g/mol. The topological polar surface area (TPSA) is 97.0 Å². The highest BCUT2D eigenvalue weighted by Crippen LogP contribution is 2.33. The molecule has 0 aliphatic carbocycles. The fourth-order valence-corrected chi connectivity index (χ4v) is 3.12. The number of rotatable bonds is 4. The van der Waals surface area contributed by atoms with Crippen LogP contribution in [0.5, 0.6) is 11.5 Å². The molecule has 3 N–H and O–H groups in total. The van der Waals surface area contributed by atoms with Crippen molar-refractivity contribution in [2.75, 3.05) is 23.8 Å². The average molecular weight is 392 g/mol. The number of fused-ring (bicyclic) bond motifs is 2. The Morgan fingerprint density at radius 3 is 2.69 bits per heavy atom. The minimum atomic E-state index is -0.563. The minimum absolute atomic E-state index is 0.0553. The van der Waals surface area contributed by atoms with Crippen molar-refractivity contribution < 1.29 is 13.9 Å². The fourth-order valence-electron chi connectivity index (χ4n) is 3.12. The summed E-state index contributed by atoms with van der Waals surface area (Å²) in [6.45, 7) is 2.94. The van der Waals surface area contributed by atoms with Crippen LogP contribution < -0.4 is 20.1 Å². The van der Waals surface area contributed by atoms with E-state index in [4.69, 9.17) is 9.47 Å². The van der Waals surface area contributed by atoms with E-state index < -0.39 is 5.82 Å². The van der Waals surface area contributed by atoms with Crippen LogP contribution in [0.25, 0.3) is 10.9 Å². The molecule has 0 saturated carbocycles. The summed E-state index contributed by atoms with van der Waals surface area (Å²) < 4.78 is 25.3. The zero-order valence-electron chi connectivity index (χ0n) is 15.5. The quantitative estimate of drug-likeness (QED) is 0.482. The zero-order chi connectivity index (χ0) is 19.8. The molecule has 0 unspecified atom stereocenters. The number of hydrogen-bond acceptors (Lipinski definition) is 7. The number of nitrogens with one attached hydrogen (secondary N) is 3. The molecular formula is C20H17FN6O2. The molecule has 0 atom stereocenters. The number of H-pyrrole nitrogens is 1. The van der Waals surface area contributed by atoms with Crippen LogP contribution in [0.15, 0.2) is 42.6 Å². The fraction of sp³-hybridized carbons (Fsp3) is 0.150. The van der Waals surface area contributed by atoms with Gasteiger partial charge in [-0.05, 0) is 37.3 Å². The summed E-state index contributed by atoms with van der Waals surface area (Å²) in [4.78, 5) is 8.29. The van der Waals surface area contributed by atoms with E-state index in [9.17, 15) is 4.39 Å². The second-order valence-electron chi connectivity index (χ2n) is 6.58. The first-order valence-corrected chi connectivity index (χ1v) is 9.07. The molecule has 1 aliphatic heterocycles. The smallest absolute Gasteiger partial charge is 0.229 e. The first-order valence-electron chi connectivity index (χ1n) is 9.07. The molecule has 29 heavy (non-hydrogen) atoms. The Bertz CT molecular complexity index is 1210. The van der Waals surface area contributed by atoms with Crippen LogP contribution in [0.1, 0.15) is 5.69 Å². The van der Waals surface area contributed by atoms with Gasteiger partial charge < -0.3 is 20.1 Å². The lowest BCUT2D eigenvalue weighted by atomic mass is 10.2. The van der Waals surface area contributed by atoms with E-state index in [0.29, 0.717) is 30.4 Å². The molecule has 9 heteroatoms. The van der Waals surface area contributed by atoms with Crippen LogP contribution in [0.3, 0.4) is 0 Å². The molecule has 2 aromatic heterocycles. The van der Waals surface area contributed by atoms with Crippen LogP contribution in [0, 0.1) is 12.7 Å². The summed E-state index contributed by atoms with van der Waals surface area (Å²) >= 11 is 0. The number of hydrogen-bond donors (Lipinski definition) is 3. The van der Waals surface area contributed by atoms with E-state index >= 15 is 0 Å². The Balaban J connectivity index is 1.40. The molecule has 0 bridgehead atoms. The summed E-state index contributed by atoms with van der Waals surface area (Å²) in [5.41, 5.74) is 3.24. The molecule has 4 aromatic rings. The molecule has 1 aliphatic rings. The standard InChI is InChI=1S/C20H17FN6O2/c1-11-14-8-12(2-4-16(14)27-26-11)24-20-22-10-15(21)19(25-20)23-13-3-5-17-18(9-13)29-7-6-28-17/h2-5,8-10H,6-7H2,1H3,(H,26,27)(H2,22,23,24,25). The molecule has 0 saturated heterocycles. The van der Waals surface area contributed by atoms with E-state index in [0.717, 1.165) is 28.5 Å². The van der Waals surface area contributed by atoms with Gasteiger partial charge in [0.2, 0.25) is 5.95 Å². The predicted octanol–water partition coefficient (Wildman–Crippen LogP) is 4.06. The molecule has 8 nitrogen and oxygen atoms in total. The van der Waals surface area contributed by atoms with Crippen molar-refractivity contribution in [2.24, 2.45) is 0 Å². The maximum atomic E-state index is 14.3. The third kappa shape index (κ3) is 3.38. The Kier molecular flexibility index (Phi) is 4.12. The van der Waals surface area contributed by atoms with Gasteiger partial charge in [0.1, 0.15) is 13.2 Å². The summed E-state index contributed by atoms with van der Waals surface area (Å²) in [7, 11) is 0. The zero-order valence-corrected chi connectivity index (χ0v) is 15.5. The summed E-state index contributed by atoms with van der Waals surface area (Å²) in [5.74, 6) is 1.04. The van der Waals surface area contributed by atoms with Crippen molar-refractivity contribution in [3.8, 4) is 11.5 Å². The lowest BCUT2D eigenvalue weighted by Crippen LogP contribution is -2.15. The number of aromatic nitrogens is 4. The normalized spacial score (nSPS) is 12.8. The lowest BCUT2D eigenvalue weighted by Gasteiger charge is -2.19. The molecule has 0 amide bonds. The summed E-state index contributed by atoms with van der Waals surface area (Å²) in [6.07, 6.45) is 1.12. The third-order valence-electron chi connectivity index (χ3n) is 4.55. The maximum absolute atomic E-state index is 14.3. The SMILES string of the molecule is Cc1[nH]nc2ccc(Nc3ncc(F)c(Nc4ccc5c(c4)OCCO5)n3)cc12. The minimum Gasteiger partial charge on any atom is -0.486 e. The van der Waals surface area contributed by atoms with Gasteiger partial charge in [-0.3, -0.25) is 5.10 Å². The Hall–Kier alpha value is -3.88. The number of aryl methyl sites for hydroxylation is 1. The van der Waals surface area contributed by atoms with Crippen molar-refractivity contribution in [1.29, 1.82) is 0 Å². The number of aromatic amines is 1. The van der Waals surface area contributed by atoms with E-state index in [2.05, 4.69) is 30.8 Å². The largest absolute Gasteiger partial charge is 0.486 e. The highest BCUT2D eigenvalue weighted by atomic mass is 19.1. The molecule has 0 spiro atoms. The first-order chi connectivity index (χ1) is 14.2. The molecule has 2 aromatic carbocycles. The summed E-state index contributed by atoms with van der Waals surface area (Å²) in [5, 5.41) is 14.2. The Labute approximate surface area is 165 Å². The van der Waals surface area contributed by atoms with Gasteiger partial charge in [0, 0.05) is 28.5 Å². The van der Waals surface area contributed by atoms with Crippen molar-refractivity contribution in [2.45, 2.75) is 6.92 Å². The van der Waals surface area contributed by atoms with Crippen molar-refractivity contribution in [3.05, 3.63) is 54.1 Å². The van der Waals surface area contributed by atoms with E-state index in [1.54, 1.807) is 18.2 Å². The first kappa shape index (κ1) is 17.2. The van der Waals surface area contributed by atoms with Gasteiger partial charge in [-0.2, -0.15) is 10.1 Å². The van der Waals surface area contributed by atoms with Gasteiger partial charge >= 0.3 is 0 Å². The molecule has 3 heterocycles. The van der Waals surface area contributed by atoms with Crippen LogP contribution in [0.4, 0.5) is 27.5 Å². The third-order valence-corrected chi connectivity index (χ3v) is 4.55. The van der Waals surface area contributed by atoms with E-state index in [1.807, 2.05) is 25.1 Å². The molecule has 5 rings (SSSR count). The summed E-state index contributed by atoms with van der Waals surface area (Å²) in [6, 6.07) is 11.0. The van der Waals surface area contributed by atoms with Gasteiger partial charge in [0.25, 0.3) is 0 Å².